The van der Waals surface area contributed by atoms with Crippen LogP contribution in [0.5, 0.6) is 34.5 Å². The number of fused-ring (bicyclic) bond motifs is 6. The molecule has 4 aromatic rings. The molecule has 0 atom stereocenters. The lowest BCUT2D eigenvalue weighted by Crippen LogP contribution is -2.10. The smallest absolute Gasteiger partial charge is 0.208 e. The van der Waals surface area contributed by atoms with Crippen molar-refractivity contribution in [1.82, 2.24) is 0 Å². The standard InChI is InChI=1S/C48H72O9/c1-4-7-10-18-32-54-45-42-38-25-14-13-24-37(38)39-26-27-40(52-31-21-15-28-49)44(53-35-22-16-29-50)41(39)43(42)46(55-36-23-17-30-51)48(57-34-20-12-9-6-3)47(45)56-33-19-11-8-5-2/h13-14,24-27,49-51H,4-12,15-23,28-36H2,1-3H3. The van der Waals surface area contributed by atoms with Gasteiger partial charge in [0.05, 0.1) is 39.6 Å². The molecule has 0 aliphatic rings. The van der Waals surface area contributed by atoms with Crippen LogP contribution in [0.15, 0.2) is 36.4 Å². The summed E-state index contributed by atoms with van der Waals surface area (Å²) in [5.74, 6) is 3.55. The Bertz CT molecular complexity index is 1720. The van der Waals surface area contributed by atoms with Gasteiger partial charge in [0.1, 0.15) is 0 Å². The highest BCUT2D eigenvalue weighted by molar-refractivity contribution is 6.31. The second kappa shape index (κ2) is 27.1. The van der Waals surface area contributed by atoms with Crippen LogP contribution in [0.2, 0.25) is 0 Å². The van der Waals surface area contributed by atoms with E-state index in [0.717, 1.165) is 109 Å². The molecule has 0 bridgehead atoms. The zero-order valence-corrected chi connectivity index (χ0v) is 35.3. The fourth-order valence-corrected chi connectivity index (χ4v) is 7.20. The van der Waals surface area contributed by atoms with Crippen LogP contribution in [0.4, 0.5) is 0 Å². The first-order valence-corrected chi connectivity index (χ1v) is 22.3. The number of ether oxygens (including phenoxy) is 6. The molecule has 4 aromatic carbocycles. The molecule has 9 nitrogen and oxygen atoms in total. The topological polar surface area (TPSA) is 116 Å². The molecule has 57 heavy (non-hydrogen) atoms. The molecule has 0 aliphatic heterocycles. The predicted molar refractivity (Wildman–Crippen MR) is 233 cm³/mol. The number of aliphatic hydroxyl groups is 3. The van der Waals surface area contributed by atoms with Crippen molar-refractivity contribution in [2.45, 2.75) is 136 Å². The molecule has 4 rings (SSSR count). The summed E-state index contributed by atoms with van der Waals surface area (Å²) in [6.07, 6.45) is 16.6. The van der Waals surface area contributed by atoms with Crippen molar-refractivity contribution >= 4 is 32.3 Å². The van der Waals surface area contributed by atoms with Crippen molar-refractivity contribution in [3.8, 4) is 34.5 Å². The fourth-order valence-electron chi connectivity index (χ4n) is 7.20. The molecule has 0 saturated carbocycles. The Kier molecular flexibility index (Phi) is 21.9. The second-order valence-electron chi connectivity index (χ2n) is 15.0. The zero-order valence-electron chi connectivity index (χ0n) is 35.3. The molecular weight excluding hydrogens is 721 g/mol. The number of hydrogen-bond acceptors (Lipinski definition) is 9. The number of unbranched alkanes of at least 4 members (excludes halogenated alkanes) is 12. The summed E-state index contributed by atoms with van der Waals surface area (Å²) in [6, 6.07) is 12.5. The number of aliphatic hydroxyl groups excluding tert-OH is 3. The molecule has 0 aromatic heterocycles. The molecular formula is C48H72O9. The molecule has 0 spiro atoms. The summed E-state index contributed by atoms with van der Waals surface area (Å²) in [7, 11) is 0. The highest BCUT2D eigenvalue weighted by Crippen LogP contribution is 2.58. The van der Waals surface area contributed by atoms with E-state index >= 15 is 0 Å². The minimum Gasteiger partial charge on any atom is -0.490 e. The highest BCUT2D eigenvalue weighted by atomic mass is 16.6. The van der Waals surface area contributed by atoms with Crippen LogP contribution in [-0.2, 0) is 0 Å². The first-order chi connectivity index (χ1) is 28.2. The van der Waals surface area contributed by atoms with Crippen molar-refractivity contribution in [3.05, 3.63) is 36.4 Å². The Balaban J connectivity index is 2.14. The van der Waals surface area contributed by atoms with Crippen molar-refractivity contribution < 1.29 is 43.7 Å². The summed E-state index contributed by atoms with van der Waals surface area (Å²) >= 11 is 0. The minimum atomic E-state index is 0.0815. The quantitative estimate of drug-likeness (QED) is 0.0320. The van der Waals surface area contributed by atoms with E-state index in [9.17, 15) is 15.3 Å². The molecule has 0 fully saturated rings. The number of rotatable bonds is 33. The van der Waals surface area contributed by atoms with Gasteiger partial charge >= 0.3 is 0 Å². The van der Waals surface area contributed by atoms with Gasteiger partial charge in [-0.05, 0) is 86.1 Å². The van der Waals surface area contributed by atoms with E-state index in [4.69, 9.17) is 28.4 Å². The lowest BCUT2D eigenvalue weighted by Gasteiger charge is -2.26. The van der Waals surface area contributed by atoms with E-state index in [1.54, 1.807) is 0 Å². The van der Waals surface area contributed by atoms with E-state index < -0.39 is 0 Å². The van der Waals surface area contributed by atoms with Gasteiger partial charge in [-0.3, -0.25) is 0 Å². The van der Waals surface area contributed by atoms with Crippen molar-refractivity contribution in [2.24, 2.45) is 0 Å². The minimum absolute atomic E-state index is 0.0815. The first kappa shape index (κ1) is 46.0. The third kappa shape index (κ3) is 13.4. The third-order valence-corrected chi connectivity index (χ3v) is 10.3. The normalized spacial score (nSPS) is 11.5. The Morgan fingerprint density at radius 1 is 0.333 bits per heavy atom. The van der Waals surface area contributed by atoms with E-state index in [2.05, 4.69) is 51.1 Å². The largest absolute Gasteiger partial charge is 0.490 e. The van der Waals surface area contributed by atoms with Crippen LogP contribution in [0.3, 0.4) is 0 Å². The number of hydrogen-bond donors (Lipinski definition) is 3. The van der Waals surface area contributed by atoms with Crippen molar-refractivity contribution in [1.29, 1.82) is 0 Å². The molecule has 0 unspecified atom stereocenters. The highest BCUT2D eigenvalue weighted by Gasteiger charge is 2.30. The maximum absolute atomic E-state index is 9.73. The van der Waals surface area contributed by atoms with Gasteiger partial charge in [-0.2, -0.15) is 0 Å². The third-order valence-electron chi connectivity index (χ3n) is 10.3. The summed E-state index contributed by atoms with van der Waals surface area (Å²) in [5.41, 5.74) is 0. The van der Waals surface area contributed by atoms with Gasteiger partial charge in [-0.1, -0.05) is 103 Å². The molecule has 0 saturated heterocycles. The van der Waals surface area contributed by atoms with Crippen LogP contribution >= 0.6 is 0 Å². The Labute approximate surface area is 341 Å². The number of benzene rings is 4. The van der Waals surface area contributed by atoms with Gasteiger partial charge < -0.3 is 43.7 Å². The second-order valence-corrected chi connectivity index (χ2v) is 15.0. The summed E-state index contributed by atoms with van der Waals surface area (Å²) in [5, 5.41) is 34.4. The summed E-state index contributed by atoms with van der Waals surface area (Å²) in [4.78, 5) is 0. The molecule has 0 heterocycles. The lowest BCUT2D eigenvalue weighted by atomic mass is 9.91. The van der Waals surface area contributed by atoms with E-state index in [1.165, 1.54) is 0 Å². The molecule has 318 valence electrons. The SMILES string of the molecule is CCCCCCOc1c(OCCCCCC)c(OCCCCO)c2c3c(OCCCCO)c(OCCCCO)ccc3c3ccccc3c2c1OCCCCCC. The molecule has 0 radical (unpaired) electrons. The van der Waals surface area contributed by atoms with Crippen LogP contribution in [0.1, 0.15) is 136 Å². The van der Waals surface area contributed by atoms with Crippen molar-refractivity contribution in [3.63, 3.8) is 0 Å². The zero-order chi connectivity index (χ0) is 40.5. The summed E-state index contributed by atoms with van der Waals surface area (Å²) in [6.45, 7) is 9.62. The van der Waals surface area contributed by atoms with Gasteiger partial charge in [0.15, 0.2) is 23.0 Å². The van der Waals surface area contributed by atoms with Gasteiger partial charge in [-0.15, -0.1) is 0 Å². The first-order valence-electron chi connectivity index (χ1n) is 22.3. The van der Waals surface area contributed by atoms with E-state index in [-0.39, 0.29) is 19.8 Å². The average molecular weight is 793 g/mol. The van der Waals surface area contributed by atoms with Crippen LogP contribution < -0.4 is 28.4 Å². The van der Waals surface area contributed by atoms with Gasteiger partial charge in [0.25, 0.3) is 0 Å². The maximum atomic E-state index is 9.73. The average Bonchev–Trinajstić information content (AvgIpc) is 3.23. The van der Waals surface area contributed by atoms with Crippen LogP contribution in [-0.4, -0.2) is 74.8 Å². The van der Waals surface area contributed by atoms with E-state index in [0.29, 0.717) is 113 Å². The van der Waals surface area contributed by atoms with Gasteiger partial charge in [0, 0.05) is 36.0 Å². The van der Waals surface area contributed by atoms with Gasteiger partial charge in [-0.25, -0.2) is 0 Å². The van der Waals surface area contributed by atoms with Gasteiger partial charge in [0.2, 0.25) is 11.5 Å². The molecule has 9 heteroatoms. The summed E-state index contributed by atoms with van der Waals surface area (Å²) < 4.78 is 40.8. The Hall–Kier alpha value is -3.66. The fraction of sp³-hybridized carbons (Fsp3) is 0.625. The molecule has 3 N–H and O–H groups in total. The molecule has 0 aliphatic carbocycles. The van der Waals surface area contributed by atoms with Crippen LogP contribution in [0, 0.1) is 0 Å². The van der Waals surface area contributed by atoms with E-state index in [1.807, 2.05) is 6.07 Å². The predicted octanol–water partition coefficient (Wildman–Crippen LogP) is 11.5. The lowest BCUT2D eigenvalue weighted by molar-refractivity contribution is 0.218. The maximum Gasteiger partial charge on any atom is 0.208 e. The van der Waals surface area contributed by atoms with Crippen LogP contribution in [0.25, 0.3) is 32.3 Å². The molecule has 0 amide bonds. The van der Waals surface area contributed by atoms with Crippen molar-refractivity contribution in [2.75, 3.05) is 59.5 Å². The monoisotopic (exact) mass is 793 g/mol. The Morgan fingerprint density at radius 2 is 0.702 bits per heavy atom. The Morgan fingerprint density at radius 3 is 1.18 bits per heavy atom.